The first kappa shape index (κ1) is 13.5. The van der Waals surface area contributed by atoms with Crippen molar-refractivity contribution in [1.29, 1.82) is 0 Å². The van der Waals surface area contributed by atoms with Crippen molar-refractivity contribution in [3.63, 3.8) is 0 Å². The molecule has 0 bridgehead atoms. The fourth-order valence-electron chi connectivity index (χ4n) is 2.68. The van der Waals surface area contributed by atoms with Gasteiger partial charge in [-0.05, 0) is 48.3 Å². The first-order chi connectivity index (χ1) is 8.49. The van der Waals surface area contributed by atoms with E-state index in [9.17, 15) is 4.39 Å². The molecule has 1 aliphatic carbocycles. The maximum absolute atomic E-state index is 13.3. The summed E-state index contributed by atoms with van der Waals surface area (Å²) < 4.78 is 13.3. The molecule has 1 aliphatic rings. The Morgan fingerprint density at radius 2 is 2.11 bits per heavy atom. The Bertz CT molecular complexity index is 398. The second kappa shape index (κ2) is 5.40. The minimum Gasteiger partial charge on any atom is -0.314 e. The molecule has 1 N–H and O–H groups in total. The molecule has 1 unspecified atom stereocenters. The Kier molecular flexibility index (Phi) is 4.06. The number of halogens is 1. The van der Waals surface area contributed by atoms with Gasteiger partial charge >= 0.3 is 0 Å². The molecule has 0 aromatic heterocycles. The van der Waals surface area contributed by atoms with Gasteiger partial charge in [0.05, 0.1) is 0 Å². The zero-order chi connectivity index (χ0) is 13.2. The predicted octanol–water partition coefficient (Wildman–Crippen LogP) is 3.78. The summed E-state index contributed by atoms with van der Waals surface area (Å²) in [5.41, 5.74) is 1.38. The monoisotopic (exact) mass is 249 g/mol. The van der Waals surface area contributed by atoms with Crippen molar-refractivity contribution in [2.45, 2.75) is 46.1 Å². The van der Waals surface area contributed by atoms with Gasteiger partial charge in [-0.15, -0.1) is 0 Å². The first-order valence-electron chi connectivity index (χ1n) is 6.97. The first-order valence-corrected chi connectivity index (χ1v) is 6.97. The van der Waals surface area contributed by atoms with Crippen LogP contribution in [0, 0.1) is 17.2 Å². The number of benzene rings is 1. The summed E-state index contributed by atoms with van der Waals surface area (Å²) in [6.07, 6.45) is 3.62. The van der Waals surface area contributed by atoms with Gasteiger partial charge in [0, 0.05) is 12.6 Å². The standard InChI is InChI=1S/C16H24FN/c1-12(2)18-11-16(3,14-7-8-14)10-13-5-4-6-15(17)9-13/h4-6,9,12,14,18H,7-8,10-11H2,1-3H3. The molecule has 0 radical (unpaired) electrons. The van der Waals surface area contributed by atoms with E-state index in [4.69, 9.17) is 0 Å². The predicted molar refractivity (Wildman–Crippen MR) is 74.1 cm³/mol. The van der Waals surface area contributed by atoms with Crippen LogP contribution in [-0.4, -0.2) is 12.6 Å². The lowest BCUT2D eigenvalue weighted by atomic mass is 9.78. The average molecular weight is 249 g/mol. The molecule has 100 valence electrons. The fraction of sp³-hybridized carbons (Fsp3) is 0.625. The lowest BCUT2D eigenvalue weighted by Crippen LogP contribution is -2.38. The van der Waals surface area contributed by atoms with Crippen molar-refractivity contribution in [3.8, 4) is 0 Å². The third-order valence-corrected chi connectivity index (χ3v) is 3.97. The maximum Gasteiger partial charge on any atom is 0.123 e. The van der Waals surface area contributed by atoms with Crippen LogP contribution >= 0.6 is 0 Å². The molecule has 1 aromatic rings. The van der Waals surface area contributed by atoms with E-state index in [1.807, 2.05) is 12.1 Å². The maximum atomic E-state index is 13.3. The third kappa shape index (κ3) is 3.55. The van der Waals surface area contributed by atoms with Crippen LogP contribution in [0.2, 0.25) is 0 Å². The van der Waals surface area contributed by atoms with Crippen molar-refractivity contribution >= 4 is 0 Å². The van der Waals surface area contributed by atoms with E-state index in [0.29, 0.717) is 6.04 Å². The molecule has 2 rings (SSSR count). The summed E-state index contributed by atoms with van der Waals surface area (Å²) in [5.74, 6) is 0.675. The molecule has 0 amide bonds. The summed E-state index contributed by atoms with van der Waals surface area (Å²) in [7, 11) is 0. The lowest BCUT2D eigenvalue weighted by molar-refractivity contribution is 0.248. The largest absolute Gasteiger partial charge is 0.314 e. The molecule has 0 saturated heterocycles. The van der Waals surface area contributed by atoms with Gasteiger partial charge in [-0.1, -0.05) is 32.9 Å². The Balaban J connectivity index is 2.05. The van der Waals surface area contributed by atoms with Crippen LogP contribution in [0.5, 0.6) is 0 Å². The van der Waals surface area contributed by atoms with Crippen molar-refractivity contribution in [1.82, 2.24) is 5.32 Å². The quantitative estimate of drug-likeness (QED) is 0.809. The van der Waals surface area contributed by atoms with Gasteiger partial charge in [-0.3, -0.25) is 0 Å². The minimum atomic E-state index is -0.123. The number of hydrogen-bond donors (Lipinski definition) is 1. The summed E-state index contributed by atoms with van der Waals surface area (Å²) in [4.78, 5) is 0. The fourth-order valence-corrected chi connectivity index (χ4v) is 2.68. The van der Waals surface area contributed by atoms with E-state index in [1.54, 1.807) is 6.07 Å². The molecule has 1 saturated carbocycles. The summed E-state index contributed by atoms with van der Waals surface area (Å²) in [6, 6.07) is 7.56. The smallest absolute Gasteiger partial charge is 0.123 e. The molecule has 1 atom stereocenters. The molecule has 0 spiro atoms. The SMILES string of the molecule is CC(C)NCC(C)(Cc1cccc(F)c1)C1CC1. The molecular weight excluding hydrogens is 225 g/mol. The molecule has 1 fully saturated rings. The molecule has 2 heteroatoms. The summed E-state index contributed by atoms with van der Waals surface area (Å²) in [6.45, 7) is 7.71. The molecule has 18 heavy (non-hydrogen) atoms. The topological polar surface area (TPSA) is 12.0 Å². The highest BCUT2D eigenvalue weighted by Gasteiger charge is 2.41. The van der Waals surface area contributed by atoms with E-state index in [0.717, 1.165) is 24.4 Å². The van der Waals surface area contributed by atoms with Crippen molar-refractivity contribution in [3.05, 3.63) is 35.6 Å². The molecule has 0 heterocycles. The summed E-state index contributed by atoms with van der Waals surface area (Å²) in [5, 5.41) is 3.55. The highest BCUT2D eigenvalue weighted by Crippen LogP contribution is 2.47. The van der Waals surface area contributed by atoms with E-state index >= 15 is 0 Å². The Morgan fingerprint density at radius 1 is 1.39 bits per heavy atom. The van der Waals surface area contributed by atoms with E-state index in [1.165, 1.54) is 18.9 Å². The second-order valence-corrected chi connectivity index (χ2v) is 6.27. The molecule has 1 aromatic carbocycles. The van der Waals surface area contributed by atoms with Gasteiger partial charge in [0.25, 0.3) is 0 Å². The van der Waals surface area contributed by atoms with Crippen LogP contribution < -0.4 is 5.32 Å². The van der Waals surface area contributed by atoms with Crippen molar-refractivity contribution < 1.29 is 4.39 Å². The van der Waals surface area contributed by atoms with Gasteiger partial charge in [-0.2, -0.15) is 0 Å². The van der Waals surface area contributed by atoms with Gasteiger partial charge in [0.1, 0.15) is 5.82 Å². The minimum absolute atomic E-state index is 0.123. The lowest BCUT2D eigenvalue weighted by Gasteiger charge is -2.31. The molecule has 1 nitrogen and oxygen atoms in total. The Labute approximate surface area is 110 Å². The molecular formula is C16H24FN. The van der Waals surface area contributed by atoms with Gasteiger partial charge in [-0.25, -0.2) is 4.39 Å². The van der Waals surface area contributed by atoms with Crippen LogP contribution in [0.1, 0.15) is 39.2 Å². The van der Waals surface area contributed by atoms with Gasteiger partial charge in [0.2, 0.25) is 0 Å². The number of hydrogen-bond acceptors (Lipinski definition) is 1. The van der Waals surface area contributed by atoms with Crippen LogP contribution in [0.3, 0.4) is 0 Å². The van der Waals surface area contributed by atoms with Crippen molar-refractivity contribution in [2.75, 3.05) is 6.54 Å². The normalized spacial score (nSPS) is 18.9. The zero-order valence-corrected chi connectivity index (χ0v) is 11.7. The van der Waals surface area contributed by atoms with E-state index in [2.05, 4.69) is 26.1 Å². The third-order valence-electron chi connectivity index (χ3n) is 3.97. The van der Waals surface area contributed by atoms with Gasteiger partial charge in [0.15, 0.2) is 0 Å². The molecule has 0 aliphatic heterocycles. The van der Waals surface area contributed by atoms with E-state index < -0.39 is 0 Å². The average Bonchev–Trinajstić information content (AvgIpc) is 3.10. The number of nitrogens with one attached hydrogen (secondary N) is 1. The van der Waals surface area contributed by atoms with Crippen LogP contribution in [-0.2, 0) is 6.42 Å². The highest BCUT2D eigenvalue weighted by molar-refractivity contribution is 5.19. The van der Waals surface area contributed by atoms with Gasteiger partial charge < -0.3 is 5.32 Å². The van der Waals surface area contributed by atoms with Crippen LogP contribution in [0.15, 0.2) is 24.3 Å². The number of rotatable bonds is 6. The Hall–Kier alpha value is -0.890. The summed E-state index contributed by atoms with van der Waals surface area (Å²) >= 11 is 0. The van der Waals surface area contributed by atoms with Crippen LogP contribution in [0.4, 0.5) is 4.39 Å². The Morgan fingerprint density at radius 3 is 2.67 bits per heavy atom. The van der Waals surface area contributed by atoms with Crippen molar-refractivity contribution in [2.24, 2.45) is 11.3 Å². The highest BCUT2D eigenvalue weighted by atomic mass is 19.1. The van der Waals surface area contributed by atoms with E-state index in [-0.39, 0.29) is 11.2 Å². The van der Waals surface area contributed by atoms with Crippen LogP contribution in [0.25, 0.3) is 0 Å². The second-order valence-electron chi connectivity index (χ2n) is 6.27. The zero-order valence-electron chi connectivity index (χ0n) is 11.7.